The summed E-state index contributed by atoms with van der Waals surface area (Å²) in [7, 11) is -24.0. The number of hydrogen-bond donors (Lipinski definition) is 0. The van der Waals surface area contributed by atoms with E-state index in [1.165, 1.54) is 0 Å². The first kappa shape index (κ1) is 118. The predicted octanol–water partition coefficient (Wildman–Crippen LogP) is 6.19. The Balaban J connectivity index is -0.000000284. The minimum atomic E-state index is -6.00. The molecule has 12 aromatic heterocycles. The third-order valence-electron chi connectivity index (χ3n) is 10.1. The second-order valence-electron chi connectivity index (χ2n) is 20.9. The molecule has 70 heteroatoms. The van der Waals surface area contributed by atoms with Crippen molar-refractivity contribution in [2.24, 2.45) is 0 Å². The Hall–Kier alpha value is -11.0. The van der Waals surface area contributed by atoms with Gasteiger partial charge in [0, 0.05) is 78.5 Å². The number of aryl methyl sites for hydroxylation is 12. The van der Waals surface area contributed by atoms with E-state index in [4.69, 9.17) is 0 Å². The SMILES string of the molecule is CCCn1cnnn1.CCCn1cnnn1.CCCn1cnnn1.CCCn1cnnn1.CCCn1cnnn1.CCCn1cnnn1.CCCn1cnnn1.CCCn1cnnn1.CCCn1cnnn1.CCCn1cnnn1.CCCn1cnnn1.CCCn1cnnn1.F[B-](F)(F)F.F[B-](F)(F)F.F[B-](F)(F)F.F[B-](F)(F)F.[Fe+2].[Fe+2]. The molecular weight excluding hydrogens is 1710 g/mol. The van der Waals surface area contributed by atoms with Gasteiger partial charge in [-0.15, -0.1) is 61.2 Å². The summed E-state index contributed by atoms with van der Waals surface area (Å²) in [6, 6.07) is 0. The molecule has 0 amide bonds. The van der Waals surface area contributed by atoms with Crippen LogP contribution < -0.4 is 0 Å². The molecule has 0 aliphatic heterocycles. The Labute approximate surface area is 686 Å². The Morgan fingerprint density at radius 3 is 0.246 bits per heavy atom. The van der Waals surface area contributed by atoms with Gasteiger partial charge in [0.25, 0.3) is 0 Å². The fourth-order valence-electron chi connectivity index (χ4n) is 6.14. The first-order chi connectivity index (χ1) is 55.2. The first-order valence-corrected chi connectivity index (χ1v) is 35.2. The van der Waals surface area contributed by atoms with E-state index in [2.05, 4.69) is 269 Å². The van der Waals surface area contributed by atoms with Crippen molar-refractivity contribution in [3.63, 3.8) is 0 Å². The van der Waals surface area contributed by atoms with Gasteiger partial charge in [-0.3, -0.25) is 0 Å². The molecule has 12 heterocycles. The molecule has 0 aromatic carbocycles. The van der Waals surface area contributed by atoms with Gasteiger partial charge in [-0.25, -0.2) is 56.2 Å². The zero-order valence-electron chi connectivity index (χ0n) is 66.4. The van der Waals surface area contributed by atoms with Crippen LogP contribution in [0.4, 0.5) is 69.1 Å². The van der Waals surface area contributed by atoms with Gasteiger partial charge in [-0.1, -0.05) is 83.1 Å². The van der Waals surface area contributed by atoms with Gasteiger partial charge in [-0.05, 0) is 202 Å². The number of nitrogens with zero attached hydrogens (tertiary/aromatic N) is 48. The van der Waals surface area contributed by atoms with Gasteiger partial charge in [0.2, 0.25) is 0 Å². The van der Waals surface area contributed by atoms with Crippen LogP contribution in [0.1, 0.15) is 160 Å². The summed E-state index contributed by atoms with van der Waals surface area (Å²) in [5, 5.41) is 127. The minimum absolute atomic E-state index is 0. The van der Waals surface area contributed by atoms with Gasteiger partial charge in [0.15, 0.2) is 0 Å². The molecule has 12 rings (SSSR count). The third kappa shape index (κ3) is 95.6. The van der Waals surface area contributed by atoms with Crippen LogP contribution in [0.2, 0.25) is 0 Å². The summed E-state index contributed by atoms with van der Waals surface area (Å²) in [6.07, 6.45) is 32.3. The number of aromatic nitrogens is 48. The van der Waals surface area contributed by atoms with Gasteiger partial charge >= 0.3 is 63.2 Å². The molecular formula is C48H96B4F16Fe2N48. The van der Waals surface area contributed by atoms with Crippen LogP contribution >= 0.6 is 0 Å². The van der Waals surface area contributed by atoms with Crippen LogP contribution in [-0.4, -0.2) is 272 Å². The Bertz CT molecular complexity index is 2830. The van der Waals surface area contributed by atoms with Gasteiger partial charge in [-0.2, -0.15) is 0 Å². The molecule has 0 saturated heterocycles. The van der Waals surface area contributed by atoms with Crippen LogP contribution in [0, 0.1) is 0 Å². The number of rotatable bonds is 24. The van der Waals surface area contributed by atoms with Crippen LogP contribution in [0.5, 0.6) is 0 Å². The average Bonchev–Trinajstić information content (AvgIpc) is 1.94. The molecule has 0 atom stereocenters. The molecule has 0 radical (unpaired) electrons. The maximum Gasteiger partial charge on any atom is 2.00 e. The van der Waals surface area contributed by atoms with E-state index < -0.39 is 29.0 Å². The van der Waals surface area contributed by atoms with E-state index in [9.17, 15) is 69.1 Å². The summed E-state index contributed by atoms with van der Waals surface area (Å²) in [5.41, 5.74) is 0. The van der Waals surface area contributed by atoms with E-state index in [-0.39, 0.29) is 34.1 Å². The number of tetrazole rings is 12. The molecule has 118 heavy (non-hydrogen) atoms. The zero-order valence-corrected chi connectivity index (χ0v) is 68.6. The van der Waals surface area contributed by atoms with Crippen LogP contribution in [0.25, 0.3) is 0 Å². The summed E-state index contributed by atoms with van der Waals surface area (Å²) < 4.78 is 176. The number of hydrogen-bond acceptors (Lipinski definition) is 36. The largest absolute Gasteiger partial charge is 2.00 e. The van der Waals surface area contributed by atoms with Crippen molar-refractivity contribution < 1.29 is 103 Å². The van der Waals surface area contributed by atoms with E-state index >= 15 is 0 Å². The summed E-state index contributed by atoms with van der Waals surface area (Å²) in [5.74, 6) is 0. The van der Waals surface area contributed by atoms with Crippen molar-refractivity contribution in [1.82, 2.24) is 242 Å². The normalized spacial score (nSPS) is 9.86. The smallest absolute Gasteiger partial charge is 0.418 e. The number of halogens is 16. The summed E-state index contributed by atoms with van der Waals surface area (Å²) in [4.78, 5) is 0. The zero-order chi connectivity index (χ0) is 87.8. The van der Waals surface area contributed by atoms with Crippen molar-refractivity contribution in [3.05, 3.63) is 75.9 Å². The van der Waals surface area contributed by atoms with E-state index in [0.29, 0.717) is 0 Å². The van der Waals surface area contributed by atoms with Crippen LogP contribution in [-0.2, 0) is 113 Å². The Kier molecular flexibility index (Phi) is 79.8. The van der Waals surface area contributed by atoms with Crippen molar-refractivity contribution in [3.8, 4) is 0 Å². The molecule has 0 saturated carbocycles. The van der Waals surface area contributed by atoms with Gasteiger partial charge in [0.05, 0.1) is 0 Å². The maximum atomic E-state index is 9.75. The Morgan fingerprint density at radius 2 is 0.212 bits per heavy atom. The van der Waals surface area contributed by atoms with E-state index in [1.807, 2.05) is 0 Å². The van der Waals surface area contributed by atoms with Crippen molar-refractivity contribution in [1.29, 1.82) is 0 Å². The minimum Gasteiger partial charge on any atom is -0.418 e. The monoisotopic (exact) mass is 1800 g/mol. The third-order valence-corrected chi connectivity index (χ3v) is 10.1. The average molecular weight is 1800 g/mol. The van der Waals surface area contributed by atoms with E-state index in [1.54, 1.807) is 132 Å². The fraction of sp³-hybridized carbons (Fsp3) is 0.750. The van der Waals surface area contributed by atoms with E-state index in [0.717, 1.165) is 156 Å². The van der Waals surface area contributed by atoms with Crippen LogP contribution in [0.15, 0.2) is 75.9 Å². The van der Waals surface area contributed by atoms with Crippen molar-refractivity contribution >= 4 is 29.0 Å². The van der Waals surface area contributed by atoms with Crippen molar-refractivity contribution in [2.45, 2.75) is 239 Å². The molecule has 0 unspecified atom stereocenters. The summed E-state index contributed by atoms with van der Waals surface area (Å²) in [6.45, 7) is 35.9. The topological polar surface area (TPSA) is 523 Å². The molecule has 0 aliphatic rings. The molecule has 0 fully saturated rings. The molecule has 0 spiro atoms. The van der Waals surface area contributed by atoms with Gasteiger partial charge < -0.3 is 69.1 Å². The quantitative estimate of drug-likeness (QED) is 0.0480. The van der Waals surface area contributed by atoms with Crippen LogP contribution in [0.3, 0.4) is 0 Å². The molecule has 0 N–H and O–H groups in total. The molecule has 12 aromatic rings. The molecule has 48 nitrogen and oxygen atoms in total. The molecule has 0 aliphatic carbocycles. The predicted molar refractivity (Wildman–Crippen MR) is 378 cm³/mol. The fourth-order valence-corrected chi connectivity index (χ4v) is 6.14. The molecule has 0 bridgehead atoms. The second kappa shape index (κ2) is 79.8. The summed E-state index contributed by atoms with van der Waals surface area (Å²) >= 11 is 0. The standard InChI is InChI=1S/12C4H8N4.4BF4.2Fe/c12*1-2-3-8-4-5-6-7-8;4*2-1(3,4)5;;/h12*4H,2-3H2,1H3;;;;;;/q;;;;;;;;;;;;4*-1;2*+2. The van der Waals surface area contributed by atoms with Gasteiger partial charge in [0.1, 0.15) is 75.9 Å². The first-order valence-electron chi connectivity index (χ1n) is 35.2. The molecule has 668 valence electrons. The second-order valence-corrected chi connectivity index (χ2v) is 20.9. The Morgan fingerprint density at radius 1 is 0.153 bits per heavy atom. The van der Waals surface area contributed by atoms with Crippen molar-refractivity contribution in [2.75, 3.05) is 0 Å². The maximum absolute atomic E-state index is 9.75.